The zero-order chi connectivity index (χ0) is 12.8. The van der Waals surface area contributed by atoms with Crippen LogP contribution in [0.3, 0.4) is 0 Å². The molecule has 0 aliphatic rings. The molecular weight excluding hydrogens is 208 g/mol. The van der Waals surface area contributed by atoms with Gasteiger partial charge in [-0.1, -0.05) is 57.6 Å². The molecule has 0 rings (SSSR count). The number of carbonyl (C=O) groups excluding carboxylic acids is 1. The maximum atomic E-state index is 10.7. The van der Waals surface area contributed by atoms with Crippen LogP contribution in [0.25, 0.3) is 0 Å². The van der Waals surface area contributed by atoms with Crippen molar-refractivity contribution in [2.45, 2.75) is 84.5 Å². The van der Waals surface area contributed by atoms with Crippen LogP contribution in [0, 0.1) is 0 Å². The summed E-state index contributed by atoms with van der Waals surface area (Å²) < 4.78 is 0. The third-order valence-corrected chi connectivity index (χ3v) is 3.05. The van der Waals surface area contributed by atoms with E-state index in [0.717, 1.165) is 12.8 Å². The lowest BCUT2D eigenvalue weighted by Crippen LogP contribution is -1.89. The lowest BCUT2D eigenvalue weighted by Gasteiger charge is -2.01. The summed E-state index contributed by atoms with van der Waals surface area (Å²) in [4.78, 5) is 10.7. The molecule has 0 fully saturated rings. The van der Waals surface area contributed by atoms with Crippen molar-refractivity contribution in [3.63, 3.8) is 0 Å². The predicted molar refractivity (Wildman–Crippen MR) is 76.3 cm³/mol. The first-order chi connectivity index (χ1) is 8.27. The average Bonchev–Trinajstić information content (AvgIpc) is 2.30. The SMILES string of the molecule is CCC=CCCCCCCCCCCC(C)=O. The molecule has 17 heavy (non-hydrogen) atoms. The molecule has 0 heterocycles. The number of unbranched alkanes of at least 4 members (excludes halogenated alkanes) is 8. The van der Waals surface area contributed by atoms with Gasteiger partial charge in [-0.25, -0.2) is 0 Å². The average molecular weight is 238 g/mol. The van der Waals surface area contributed by atoms with Crippen LogP contribution in [0.2, 0.25) is 0 Å². The standard InChI is InChI=1S/C16H30O/c1-3-4-5-6-7-8-9-10-11-12-13-14-15-16(2)17/h4-5H,3,6-15H2,1-2H3. The Balaban J connectivity index is 2.98. The monoisotopic (exact) mass is 238 g/mol. The first kappa shape index (κ1) is 16.4. The number of allylic oxidation sites excluding steroid dienone is 2. The molecule has 0 aromatic carbocycles. The molecule has 0 aromatic rings. The van der Waals surface area contributed by atoms with Crippen LogP contribution >= 0.6 is 0 Å². The molecular formula is C16H30O. The normalized spacial score (nSPS) is 11.2. The van der Waals surface area contributed by atoms with Gasteiger partial charge >= 0.3 is 0 Å². The summed E-state index contributed by atoms with van der Waals surface area (Å²) in [5.41, 5.74) is 0. The van der Waals surface area contributed by atoms with Gasteiger partial charge in [0.2, 0.25) is 0 Å². The molecule has 0 aliphatic heterocycles. The Morgan fingerprint density at radius 1 is 0.824 bits per heavy atom. The molecule has 0 saturated carbocycles. The molecule has 1 heteroatoms. The molecule has 0 atom stereocenters. The second kappa shape index (κ2) is 13.5. The molecule has 0 amide bonds. The van der Waals surface area contributed by atoms with Gasteiger partial charge in [0.25, 0.3) is 0 Å². The van der Waals surface area contributed by atoms with E-state index in [1.807, 2.05) is 0 Å². The first-order valence-corrected chi connectivity index (χ1v) is 7.41. The third-order valence-electron chi connectivity index (χ3n) is 3.05. The van der Waals surface area contributed by atoms with Crippen molar-refractivity contribution in [1.29, 1.82) is 0 Å². The quantitative estimate of drug-likeness (QED) is 0.327. The minimum absolute atomic E-state index is 0.338. The van der Waals surface area contributed by atoms with E-state index >= 15 is 0 Å². The van der Waals surface area contributed by atoms with Crippen LogP contribution in [0.15, 0.2) is 12.2 Å². The van der Waals surface area contributed by atoms with Gasteiger partial charge in [-0.15, -0.1) is 0 Å². The highest BCUT2D eigenvalue weighted by Crippen LogP contribution is 2.10. The number of rotatable bonds is 12. The molecule has 1 nitrogen and oxygen atoms in total. The molecule has 0 radical (unpaired) electrons. The second-order valence-corrected chi connectivity index (χ2v) is 4.95. The van der Waals surface area contributed by atoms with E-state index in [1.54, 1.807) is 6.92 Å². The molecule has 0 saturated heterocycles. The van der Waals surface area contributed by atoms with Crippen LogP contribution in [0.1, 0.15) is 84.5 Å². The Kier molecular flexibility index (Phi) is 13.0. The van der Waals surface area contributed by atoms with Gasteiger partial charge in [0.1, 0.15) is 5.78 Å². The molecule has 0 unspecified atom stereocenters. The lowest BCUT2D eigenvalue weighted by molar-refractivity contribution is -0.117. The first-order valence-electron chi connectivity index (χ1n) is 7.41. The van der Waals surface area contributed by atoms with Gasteiger partial charge in [0.05, 0.1) is 0 Å². The number of ketones is 1. The molecule has 0 aliphatic carbocycles. The molecule has 100 valence electrons. The number of hydrogen-bond acceptors (Lipinski definition) is 1. The number of hydrogen-bond donors (Lipinski definition) is 0. The van der Waals surface area contributed by atoms with Gasteiger partial charge in [-0.3, -0.25) is 0 Å². The fraction of sp³-hybridized carbons (Fsp3) is 0.812. The largest absolute Gasteiger partial charge is 0.300 e. The third kappa shape index (κ3) is 15.4. The smallest absolute Gasteiger partial charge is 0.129 e. The Morgan fingerprint density at radius 3 is 1.88 bits per heavy atom. The topological polar surface area (TPSA) is 17.1 Å². The maximum absolute atomic E-state index is 10.7. The van der Waals surface area contributed by atoms with Gasteiger partial charge in [-0.2, -0.15) is 0 Å². The highest BCUT2D eigenvalue weighted by atomic mass is 16.1. The van der Waals surface area contributed by atoms with Crippen molar-refractivity contribution in [3.8, 4) is 0 Å². The van der Waals surface area contributed by atoms with E-state index in [0.29, 0.717) is 5.78 Å². The highest BCUT2D eigenvalue weighted by molar-refractivity contribution is 5.75. The van der Waals surface area contributed by atoms with E-state index < -0.39 is 0 Å². The summed E-state index contributed by atoms with van der Waals surface area (Å²) in [5, 5.41) is 0. The summed E-state index contributed by atoms with van der Waals surface area (Å²) in [6, 6.07) is 0. The van der Waals surface area contributed by atoms with Gasteiger partial charge < -0.3 is 4.79 Å². The zero-order valence-electron chi connectivity index (χ0n) is 11.8. The van der Waals surface area contributed by atoms with E-state index in [1.165, 1.54) is 57.8 Å². The van der Waals surface area contributed by atoms with Gasteiger partial charge in [0.15, 0.2) is 0 Å². The Morgan fingerprint density at radius 2 is 1.35 bits per heavy atom. The van der Waals surface area contributed by atoms with Crippen molar-refractivity contribution in [2.24, 2.45) is 0 Å². The summed E-state index contributed by atoms with van der Waals surface area (Å²) in [5.74, 6) is 0.338. The van der Waals surface area contributed by atoms with Gasteiger partial charge in [-0.05, 0) is 32.6 Å². The van der Waals surface area contributed by atoms with Crippen LogP contribution in [0.4, 0.5) is 0 Å². The fourth-order valence-corrected chi connectivity index (χ4v) is 1.98. The number of Topliss-reactive ketones (excluding diaryl/α,β-unsaturated/α-hetero) is 1. The van der Waals surface area contributed by atoms with E-state index in [9.17, 15) is 4.79 Å². The van der Waals surface area contributed by atoms with E-state index in [4.69, 9.17) is 0 Å². The summed E-state index contributed by atoms with van der Waals surface area (Å²) in [6.45, 7) is 3.87. The zero-order valence-corrected chi connectivity index (χ0v) is 11.8. The van der Waals surface area contributed by atoms with E-state index in [-0.39, 0.29) is 0 Å². The van der Waals surface area contributed by atoms with Crippen LogP contribution < -0.4 is 0 Å². The predicted octanol–water partition coefficient (Wildman–Crippen LogP) is 5.44. The highest BCUT2D eigenvalue weighted by Gasteiger charge is 1.94. The second-order valence-electron chi connectivity index (χ2n) is 4.95. The Bertz CT molecular complexity index is 194. The fourth-order valence-electron chi connectivity index (χ4n) is 1.98. The van der Waals surface area contributed by atoms with E-state index in [2.05, 4.69) is 19.1 Å². The number of carbonyl (C=O) groups is 1. The van der Waals surface area contributed by atoms with Gasteiger partial charge in [0, 0.05) is 6.42 Å². The van der Waals surface area contributed by atoms with Crippen molar-refractivity contribution < 1.29 is 4.79 Å². The molecule has 0 aromatic heterocycles. The lowest BCUT2D eigenvalue weighted by atomic mass is 10.1. The Hall–Kier alpha value is -0.590. The molecule has 0 spiro atoms. The van der Waals surface area contributed by atoms with Crippen molar-refractivity contribution in [2.75, 3.05) is 0 Å². The van der Waals surface area contributed by atoms with Crippen LogP contribution in [-0.2, 0) is 4.79 Å². The minimum atomic E-state index is 0.338. The molecule has 0 bridgehead atoms. The maximum Gasteiger partial charge on any atom is 0.129 e. The van der Waals surface area contributed by atoms with Crippen molar-refractivity contribution >= 4 is 5.78 Å². The van der Waals surface area contributed by atoms with Crippen molar-refractivity contribution in [3.05, 3.63) is 12.2 Å². The summed E-state index contributed by atoms with van der Waals surface area (Å²) in [7, 11) is 0. The van der Waals surface area contributed by atoms with Crippen molar-refractivity contribution in [1.82, 2.24) is 0 Å². The van der Waals surface area contributed by atoms with Crippen LogP contribution in [-0.4, -0.2) is 5.78 Å². The summed E-state index contributed by atoms with van der Waals surface area (Å²) >= 11 is 0. The minimum Gasteiger partial charge on any atom is -0.300 e. The summed E-state index contributed by atoms with van der Waals surface area (Å²) in [6.07, 6.45) is 18.2. The van der Waals surface area contributed by atoms with Crippen LogP contribution in [0.5, 0.6) is 0 Å². The Labute approximate surface area is 108 Å². The molecule has 0 N–H and O–H groups in total.